The fraction of sp³-hybridized carbons (Fsp3) is 0.643. The molecule has 0 aliphatic carbocycles. The first-order valence-corrected chi connectivity index (χ1v) is 6.85. The number of ether oxygens (including phenoxy) is 1. The number of carbonyl (C=O) groups is 1. The molecule has 1 aromatic heterocycles. The summed E-state index contributed by atoms with van der Waals surface area (Å²) in [6.45, 7) is 4.82. The zero-order valence-corrected chi connectivity index (χ0v) is 12.2. The Labute approximate surface area is 121 Å². The summed E-state index contributed by atoms with van der Waals surface area (Å²) < 4.78 is 44.0. The molecule has 1 fully saturated rings. The number of rotatable bonds is 4. The third-order valence-corrected chi connectivity index (χ3v) is 3.68. The van der Waals surface area contributed by atoms with Gasteiger partial charge in [0, 0.05) is 30.0 Å². The van der Waals surface area contributed by atoms with Gasteiger partial charge in [-0.15, -0.1) is 0 Å². The lowest BCUT2D eigenvalue weighted by atomic mass is 10.1. The molecule has 0 N–H and O–H groups in total. The van der Waals surface area contributed by atoms with E-state index in [0.29, 0.717) is 43.3 Å². The first kappa shape index (κ1) is 16.0. The van der Waals surface area contributed by atoms with Crippen molar-refractivity contribution in [2.45, 2.75) is 26.6 Å². The van der Waals surface area contributed by atoms with Crippen LogP contribution in [0.15, 0.2) is 6.07 Å². The number of alkyl halides is 3. The van der Waals surface area contributed by atoms with Gasteiger partial charge in [-0.3, -0.25) is 9.69 Å². The number of hydrogen-bond donors (Lipinski definition) is 0. The van der Waals surface area contributed by atoms with Crippen molar-refractivity contribution in [1.29, 1.82) is 0 Å². The van der Waals surface area contributed by atoms with E-state index < -0.39 is 12.7 Å². The van der Waals surface area contributed by atoms with Crippen LogP contribution in [-0.2, 0) is 11.3 Å². The molecule has 0 radical (unpaired) electrons. The Bertz CT molecular complexity index is 517. The number of morpholine rings is 1. The van der Waals surface area contributed by atoms with Crippen molar-refractivity contribution < 1.29 is 22.7 Å². The van der Waals surface area contributed by atoms with Gasteiger partial charge >= 0.3 is 6.18 Å². The number of Topliss-reactive ketones (excluding diaryl/α,β-unsaturated/α-hetero) is 1. The van der Waals surface area contributed by atoms with Gasteiger partial charge in [0.15, 0.2) is 5.78 Å². The summed E-state index contributed by atoms with van der Waals surface area (Å²) >= 11 is 0. The highest BCUT2D eigenvalue weighted by atomic mass is 19.4. The summed E-state index contributed by atoms with van der Waals surface area (Å²) in [5.74, 6) is -0.140. The van der Waals surface area contributed by atoms with Crippen LogP contribution in [0.4, 0.5) is 13.2 Å². The molecule has 0 aromatic carbocycles. The Morgan fingerprint density at radius 2 is 1.90 bits per heavy atom. The number of nitrogens with zero attached hydrogens (tertiary/aromatic N) is 2. The SMILES string of the molecule is Cc1cc(C(=O)CN2CCOCC2)c(C)n1CC(F)(F)F. The van der Waals surface area contributed by atoms with Crippen LogP contribution in [0.5, 0.6) is 0 Å². The first-order valence-electron chi connectivity index (χ1n) is 6.85. The van der Waals surface area contributed by atoms with E-state index in [-0.39, 0.29) is 12.3 Å². The highest BCUT2D eigenvalue weighted by Gasteiger charge is 2.30. The van der Waals surface area contributed by atoms with Crippen molar-refractivity contribution in [3.63, 3.8) is 0 Å². The zero-order chi connectivity index (χ0) is 15.6. The van der Waals surface area contributed by atoms with E-state index >= 15 is 0 Å². The molecule has 21 heavy (non-hydrogen) atoms. The molecule has 1 saturated heterocycles. The molecule has 0 amide bonds. The standard InChI is InChI=1S/C14H19F3N2O2/c1-10-7-12(11(2)19(10)9-14(15,16)17)13(20)8-18-3-5-21-6-4-18/h7H,3-6,8-9H2,1-2H3. The third-order valence-electron chi connectivity index (χ3n) is 3.68. The van der Waals surface area contributed by atoms with Crippen LogP contribution in [0.1, 0.15) is 21.7 Å². The largest absolute Gasteiger partial charge is 0.406 e. The van der Waals surface area contributed by atoms with Crippen molar-refractivity contribution in [2.75, 3.05) is 32.8 Å². The van der Waals surface area contributed by atoms with Gasteiger partial charge in [-0.2, -0.15) is 13.2 Å². The minimum absolute atomic E-state index is 0.140. The Kier molecular flexibility index (Phi) is 4.73. The van der Waals surface area contributed by atoms with Gasteiger partial charge in [0.05, 0.1) is 19.8 Å². The van der Waals surface area contributed by atoms with E-state index in [4.69, 9.17) is 4.74 Å². The summed E-state index contributed by atoms with van der Waals surface area (Å²) in [5.41, 5.74) is 1.21. The molecule has 2 heterocycles. The topological polar surface area (TPSA) is 34.5 Å². The van der Waals surface area contributed by atoms with Crippen LogP contribution in [0.2, 0.25) is 0 Å². The minimum atomic E-state index is -4.29. The van der Waals surface area contributed by atoms with Crippen LogP contribution < -0.4 is 0 Å². The Morgan fingerprint density at radius 3 is 2.48 bits per heavy atom. The molecule has 1 aliphatic rings. The van der Waals surface area contributed by atoms with Crippen molar-refractivity contribution in [1.82, 2.24) is 9.47 Å². The summed E-state index contributed by atoms with van der Waals surface area (Å²) in [7, 11) is 0. The van der Waals surface area contributed by atoms with Gasteiger partial charge in [0.2, 0.25) is 0 Å². The molecular formula is C14H19F3N2O2. The highest BCUT2D eigenvalue weighted by molar-refractivity contribution is 5.99. The van der Waals surface area contributed by atoms with Crippen LogP contribution in [0, 0.1) is 13.8 Å². The summed E-state index contributed by atoms with van der Waals surface area (Å²) in [6.07, 6.45) is -4.29. The Hall–Kier alpha value is -1.34. The number of aryl methyl sites for hydroxylation is 1. The monoisotopic (exact) mass is 304 g/mol. The smallest absolute Gasteiger partial charge is 0.379 e. The molecule has 2 rings (SSSR count). The summed E-state index contributed by atoms with van der Waals surface area (Å²) in [5, 5.41) is 0. The number of carbonyl (C=O) groups excluding carboxylic acids is 1. The van der Waals surface area contributed by atoms with Crippen LogP contribution in [-0.4, -0.2) is 54.3 Å². The van der Waals surface area contributed by atoms with E-state index in [1.165, 1.54) is 0 Å². The Balaban J connectivity index is 2.12. The molecular weight excluding hydrogens is 285 g/mol. The molecule has 1 aliphatic heterocycles. The van der Waals surface area contributed by atoms with E-state index in [0.717, 1.165) is 4.57 Å². The van der Waals surface area contributed by atoms with Gasteiger partial charge in [-0.25, -0.2) is 0 Å². The predicted molar refractivity (Wildman–Crippen MR) is 71.6 cm³/mol. The lowest BCUT2D eigenvalue weighted by Crippen LogP contribution is -2.39. The van der Waals surface area contributed by atoms with E-state index in [1.807, 2.05) is 4.90 Å². The van der Waals surface area contributed by atoms with Crippen molar-refractivity contribution in [2.24, 2.45) is 0 Å². The van der Waals surface area contributed by atoms with Gasteiger partial charge in [0.1, 0.15) is 6.54 Å². The summed E-state index contributed by atoms with van der Waals surface area (Å²) in [4.78, 5) is 14.2. The fourth-order valence-electron chi connectivity index (χ4n) is 2.55. The second kappa shape index (κ2) is 6.19. The molecule has 4 nitrogen and oxygen atoms in total. The maximum Gasteiger partial charge on any atom is 0.406 e. The second-order valence-corrected chi connectivity index (χ2v) is 5.30. The van der Waals surface area contributed by atoms with Crippen LogP contribution in [0.25, 0.3) is 0 Å². The van der Waals surface area contributed by atoms with E-state index in [1.54, 1.807) is 19.9 Å². The predicted octanol–water partition coefficient (Wildman–Crippen LogP) is 2.18. The summed E-state index contributed by atoms with van der Waals surface area (Å²) in [6, 6.07) is 1.55. The first-order chi connectivity index (χ1) is 9.78. The normalized spacial score (nSPS) is 17.2. The molecule has 0 spiro atoms. The van der Waals surface area contributed by atoms with E-state index in [9.17, 15) is 18.0 Å². The molecule has 118 valence electrons. The maximum atomic E-state index is 12.6. The molecule has 1 aromatic rings. The number of ketones is 1. The lowest BCUT2D eigenvalue weighted by molar-refractivity contribution is -0.141. The molecule has 0 saturated carbocycles. The van der Waals surface area contributed by atoms with Crippen molar-refractivity contribution in [3.8, 4) is 0 Å². The quantitative estimate of drug-likeness (QED) is 0.800. The van der Waals surface area contributed by atoms with Gasteiger partial charge in [-0.1, -0.05) is 0 Å². The maximum absolute atomic E-state index is 12.6. The number of aromatic nitrogens is 1. The minimum Gasteiger partial charge on any atom is -0.379 e. The van der Waals surface area contributed by atoms with Crippen molar-refractivity contribution in [3.05, 3.63) is 23.0 Å². The van der Waals surface area contributed by atoms with Crippen molar-refractivity contribution >= 4 is 5.78 Å². The van der Waals surface area contributed by atoms with Gasteiger partial charge < -0.3 is 9.30 Å². The molecule has 0 unspecified atom stereocenters. The highest BCUT2D eigenvalue weighted by Crippen LogP contribution is 2.23. The molecule has 0 bridgehead atoms. The van der Waals surface area contributed by atoms with Gasteiger partial charge in [-0.05, 0) is 19.9 Å². The third kappa shape index (κ3) is 4.07. The van der Waals surface area contributed by atoms with E-state index in [2.05, 4.69) is 0 Å². The second-order valence-electron chi connectivity index (χ2n) is 5.30. The Morgan fingerprint density at radius 1 is 1.29 bits per heavy atom. The number of hydrogen-bond acceptors (Lipinski definition) is 3. The fourth-order valence-corrected chi connectivity index (χ4v) is 2.55. The number of halogens is 3. The van der Waals surface area contributed by atoms with Gasteiger partial charge in [0.25, 0.3) is 0 Å². The van der Waals surface area contributed by atoms with Crippen LogP contribution >= 0.6 is 0 Å². The average Bonchev–Trinajstić information content (AvgIpc) is 2.66. The average molecular weight is 304 g/mol. The van der Waals surface area contributed by atoms with Crippen LogP contribution in [0.3, 0.4) is 0 Å². The molecule has 0 atom stereocenters. The molecule has 7 heteroatoms. The zero-order valence-electron chi connectivity index (χ0n) is 12.2. The lowest BCUT2D eigenvalue weighted by Gasteiger charge is -2.25.